The molecule has 164 valence electrons. The summed E-state index contributed by atoms with van der Waals surface area (Å²) in [5.74, 6) is -1.40. The maximum Gasteiger partial charge on any atom is 0.295 e. The Balaban J connectivity index is 2.18. The van der Waals surface area contributed by atoms with E-state index in [1.165, 1.54) is 43.4 Å². The molecule has 1 N–H and O–H groups in total. The molecule has 0 aromatic heterocycles. The van der Waals surface area contributed by atoms with Crippen LogP contribution in [0, 0.1) is 5.82 Å². The first kappa shape index (κ1) is 22.3. The van der Waals surface area contributed by atoms with Gasteiger partial charge in [-0.1, -0.05) is 6.07 Å². The Labute approximate surface area is 180 Å². The predicted molar refractivity (Wildman–Crippen MR) is 114 cm³/mol. The molecule has 7 nitrogen and oxygen atoms in total. The normalized spacial score (nSPS) is 18.0. The number of amides is 1. The molecule has 0 saturated carbocycles. The van der Waals surface area contributed by atoms with Crippen LogP contribution in [-0.2, 0) is 9.59 Å². The first-order valence-corrected chi connectivity index (χ1v) is 9.69. The number of halogens is 1. The van der Waals surface area contributed by atoms with Gasteiger partial charge in [-0.2, -0.15) is 0 Å². The number of rotatable bonds is 7. The summed E-state index contributed by atoms with van der Waals surface area (Å²) in [6.07, 6.45) is 0. The fourth-order valence-electron chi connectivity index (χ4n) is 3.55. The highest BCUT2D eigenvalue weighted by Crippen LogP contribution is 2.41. The summed E-state index contributed by atoms with van der Waals surface area (Å²) in [5.41, 5.74) is 0.777. The summed E-state index contributed by atoms with van der Waals surface area (Å²) in [5, 5.41) is 10.9. The van der Waals surface area contributed by atoms with Crippen LogP contribution in [0.2, 0.25) is 0 Å². The number of hydrogen-bond donors (Lipinski definition) is 1. The number of ether oxygens (including phenoxy) is 2. The summed E-state index contributed by atoms with van der Waals surface area (Å²) in [4.78, 5) is 29.1. The Bertz CT molecular complexity index is 1020. The Morgan fingerprint density at radius 3 is 2.29 bits per heavy atom. The van der Waals surface area contributed by atoms with Crippen molar-refractivity contribution >= 4 is 17.4 Å². The summed E-state index contributed by atoms with van der Waals surface area (Å²) in [7, 11) is 6.72. The summed E-state index contributed by atoms with van der Waals surface area (Å²) < 4.78 is 24.0. The Kier molecular flexibility index (Phi) is 6.60. The SMILES string of the molecule is COc1ccc([C@@H]2C(=C(O)c3ccc(F)cc3)C(=O)C(=O)N2CCN(C)C)cc1OC. The molecule has 0 unspecified atom stereocenters. The summed E-state index contributed by atoms with van der Waals surface area (Å²) in [6, 6.07) is 9.34. The minimum Gasteiger partial charge on any atom is -0.507 e. The molecule has 2 aromatic carbocycles. The molecule has 3 rings (SSSR count). The Morgan fingerprint density at radius 2 is 1.71 bits per heavy atom. The molecular weight excluding hydrogens is 403 g/mol. The number of carbonyl (C=O) groups is 2. The summed E-state index contributed by atoms with van der Waals surface area (Å²) >= 11 is 0. The number of carbonyl (C=O) groups excluding carboxylic acids is 2. The first-order valence-electron chi connectivity index (χ1n) is 9.69. The molecule has 0 radical (unpaired) electrons. The smallest absolute Gasteiger partial charge is 0.295 e. The van der Waals surface area contributed by atoms with E-state index in [1.54, 1.807) is 18.2 Å². The van der Waals surface area contributed by atoms with Gasteiger partial charge >= 0.3 is 0 Å². The van der Waals surface area contributed by atoms with Gasteiger partial charge in [0.1, 0.15) is 11.6 Å². The van der Waals surface area contributed by atoms with Crippen LogP contribution in [0.4, 0.5) is 4.39 Å². The number of methoxy groups -OCH3 is 2. The molecule has 1 fully saturated rings. The van der Waals surface area contributed by atoms with Crippen molar-refractivity contribution in [3.8, 4) is 11.5 Å². The largest absolute Gasteiger partial charge is 0.507 e. The van der Waals surface area contributed by atoms with Crippen LogP contribution in [0.3, 0.4) is 0 Å². The number of aliphatic hydroxyl groups excluding tert-OH is 1. The second kappa shape index (κ2) is 9.18. The van der Waals surface area contributed by atoms with Crippen LogP contribution in [0.25, 0.3) is 5.76 Å². The van der Waals surface area contributed by atoms with E-state index in [1.807, 2.05) is 19.0 Å². The van der Waals surface area contributed by atoms with E-state index in [9.17, 15) is 19.1 Å². The topological polar surface area (TPSA) is 79.3 Å². The van der Waals surface area contributed by atoms with Crippen molar-refractivity contribution in [2.24, 2.45) is 0 Å². The average Bonchev–Trinajstić information content (AvgIpc) is 3.01. The van der Waals surface area contributed by atoms with E-state index >= 15 is 0 Å². The Hall–Kier alpha value is -3.39. The molecule has 1 aliphatic rings. The molecule has 0 aliphatic carbocycles. The van der Waals surface area contributed by atoms with Gasteiger partial charge in [-0.3, -0.25) is 9.59 Å². The maximum absolute atomic E-state index is 13.3. The van der Waals surface area contributed by atoms with Crippen molar-refractivity contribution < 1.29 is 28.6 Å². The van der Waals surface area contributed by atoms with Gasteiger partial charge in [-0.05, 0) is 56.1 Å². The van der Waals surface area contributed by atoms with E-state index in [0.29, 0.717) is 23.6 Å². The molecule has 31 heavy (non-hydrogen) atoms. The lowest BCUT2D eigenvalue weighted by molar-refractivity contribution is -0.140. The highest BCUT2D eigenvalue weighted by molar-refractivity contribution is 6.46. The lowest BCUT2D eigenvalue weighted by Gasteiger charge is -2.27. The molecule has 1 heterocycles. The zero-order valence-corrected chi connectivity index (χ0v) is 17.9. The van der Waals surface area contributed by atoms with Crippen molar-refractivity contribution in [3.63, 3.8) is 0 Å². The van der Waals surface area contributed by atoms with Crippen LogP contribution in [0.15, 0.2) is 48.0 Å². The second-order valence-electron chi connectivity index (χ2n) is 7.42. The van der Waals surface area contributed by atoms with Crippen molar-refractivity contribution in [2.75, 3.05) is 41.4 Å². The van der Waals surface area contributed by atoms with Gasteiger partial charge in [0.05, 0.1) is 25.8 Å². The third-order valence-electron chi connectivity index (χ3n) is 5.17. The molecule has 1 saturated heterocycles. The van der Waals surface area contributed by atoms with Crippen LogP contribution < -0.4 is 9.47 Å². The van der Waals surface area contributed by atoms with Gasteiger partial charge in [0.25, 0.3) is 11.7 Å². The lowest BCUT2D eigenvalue weighted by atomic mass is 9.95. The molecule has 1 aliphatic heterocycles. The van der Waals surface area contributed by atoms with E-state index in [-0.39, 0.29) is 23.4 Å². The number of likely N-dealkylation sites (N-methyl/N-ethyl adjacent to an activating group) is 1. The minimum atomic E-state index is -0.829. The zero-order chi connectivity index (χ0) is 22.7. The lowest BCUT2D eigenvalue weighted by Crippen LogP contribution is -2.35. The molecular formula is C23H25FN2O5. The molecule has 0 spiro atoms. The number of aliphatic hydroxyl groups is 1. The molecule has 1 atom stereocenters. The van der Waals surface area contributed by atoms with Gasteiger partial charge < -0.3 is 24.4 Å². The fourth-order valence-corrected chi connectivity index (χ4v) is 3.55. The number of benzene rings is 2. The van der Waals surface area contributed by atoms with Crippen molar-refractivity contribution in [1.82, 2.24) is 9.80 Å². The fraction of sp³-hybridized carbons (Fsp3) is 0.304. The highest BCUT2D eigenvalue weighted by atomic mass is 19.1. The van der Waals surface area contributed by atoms with Crippen molar-refractivity contribution in [2.45, 2.75) is 6.04 Å². The van der Waals surface area contributed by atoms with Crippen molar-refractivity contribution in [1.29, 1.82) is 0 Å². The quantitative estimate of drug-likeness (QED) is 0.415. The molecule has 8 heteroatoms. The number of likely N-dealkylation sites (tertiary alicyclic amines) is 1. The van der Waals surface area contributed by atoms with E-state index in [0.717, 1.165) is 0 Å². The average molecular weight is 428 g/mol. The molecule has 1 amide bonds. The zero-order valence-electron chi connectivity index (χ0n) is 17.9. The number of Topliss-reactive ketones (excluding diaryl/α,β-unsaturated/α-hetero) is 1. The first-order chi connectivity index (χ1) is 14.8. The van der Waals surface area contributed by atoms with Crippen molar-refractivity contribution in [3.05, 3.63) is 65.0 Å². The summed E-state index contributed by atoms with van der Waals surface area (Å²) in [6.45, 7) is 0.796. The van der Waals surface area contributed by atoms with E-state index in [2.05, 4.69) is 0 Å². The van der Waals surface area contributed by atoms with Gasteiger partial charge in [0, 0.05) is 18.7 Å². The minimum absolute atomic E-state index is 0.0532. The third-order valence-corrected chi connectivity index (χ3v) is 5.17. The standard InChI is InChI=1S/C23H25FN2O5/c1-25(2)11-12-26-20(15-7-10-17(30-3)18(13-15)31-4)19(22(28)23(26)29)21(27)14-5-8-16(24)9-6-14/h5-10,13,20,27H,11-12H2,1-4H3/t20-/m1/s1. The van der Waals surface area contributed by atoms with Crippen LogP contribution >= 0.6 is 0 Å². The number of ketones is 1. The van der Waals surface area contributed by atoms with Crippen LogP contribution in [0.1, 0.15) is 17.2 Å². The van der Waals surface area contributed by atoms with Gasteiger partial charge in [0.15, 0.2) is 11.5 Å². The maximum atomic E-state index is 13.3. The van der Waals surface area contributed by atoms with Gasteiger partial charge in [-0.15, -0.1) is 0 Å². The van der Waals surface area contributed by atoms with E-state index < -0.39 is 23.5 Å². The monoisotopic (exact) mass is 428 g/mol. The van der Waals surface area contributed by atoms with E-state index in [4.69, 9.17) is 9.47 Å². The third kappa shape index (κ3) is 4.39. The highest BCUT2D eigenvalue weighted by Gasteiger charge is 2.46. The number of hydrogen-bond acceptors (Lipinski definition) is 6. The molecule has 2 aromatic rings. The predicted octanol–water partition coefficient (Wildman–Crippen LogP) is 2.83. The van der Waals surface area contributed by atoms with Crippen LogP contribution in [0.5, 0.6) is 11.5 Å². The Morgan fingerprint density at radius 1 is 1.06 bits per heavy atom. The number of nitrogens with zero attached hydrogens (tertiary/aromatic N) is 2. The second-order valence-corrected chi connectivity index (χ2v) is 7.42. The van der Waals surface area contributed by atoms with Crippen LogP contribution in [-0.4, -0.2) is 68.0 Å². The molecule has 0 bridgehead atoms. The van der Waals surface area contributed by atoms with Gasteiger partial charge in [0.2, 0.25) is 0 Å². The van der Waals surface area contributed by atoms with Gasteiger partial charge in [-0.25, -0.2) is 4.39 Å².